The normalized spacial score (nSPS) is 12.0. The van der Waals surface area contributed by atoms with Crippen LogP contribution in [-0.4, -0.2) is 22.2 Å². The first-order chi connectivity index (χ1) is 11.2. The van der Waals surface area contributed by atoms with Crippen LogP contribution in [0.1, 0.15) is 22.7 Å². The molecule has 1 atom stereocenters. The zero-order chi connectivity index (χ0) is 16.1. The molecule has 1 aromatic carbocycles. The quantitative estimate of drug-likeness (QED) is 0.756. The second-order valence-corrected chi connectivity index (χ2v) is 6.31. The highest BCUT2D eigenvalue weighted by Gasteiger charge is 2.15. The molecule has 0 saturated carbocycles. The number of nitrogens with one attached hydrogen (secondary N) is 1. The summed E-state index contributed by atoms with van der Waals surface area (Å²) in [5.74, 6) is 0.0305. The molecule has 1 amide bonds. The van der Waals surface area contributed by atoms with Crippen molar-refractivity contribution in [3.63, 3.8) is 0 Å². The molecule has 2 aromatic heterocycles. The number of hydrogen-bond acceptors (Lipinski definition) is 3. The number of carbonyl (C=O) groups is 1. The zero-order valence-corrected chi connectivity index (χ0v) is 13.8. The van der Waals surface area contributed by atoms with Crippen LogP contribution in [0.15, 0.2) is 59.6 Å². The summed E-state index contributed by atoms with van der Waals surface area (Å²) in [4.78, 5) is 12.2. The third kappa shape index (κ3) is 4.07. The van der Waals surface area contributed by atoms with Crippen molar-refractivity contribution < 1.29 is 4.79 Å². The van der Waals surface area contributed by atoms with Crippen LogP contribution < -0.4 is 5.32 Å². The maximum Gasteiger partial charge on any atom is 0.224 e. The van der Waals surface area contributed by atoms with Crippen LogP contribution in [0.3, 0.4) is 0 Å². The first kappa shape index (κ1) is 15.5. The summed E-state index contributed by atoms with van der Waals surface area (Å²) < 4.78 is 1.88. The predicted octanol–water partition coefficient (Wildman–Crippen LogP) is 3.20. The van der Waals surface area contributed by atoms with Crippen molar-refractivity contribution in [2.24, 2.45) is 0 Å². The molecule has 3 rings (SSSR count). The van der Waals surface area contributed by atoms with Gasteiger partial charge in [-0.2, -0.15) is 16.4 Å². The molecule has 0 spiro atoms. The molecular weight excluding hydrogens is 306 g/mol. The number of benzene rings is 1. The predicted molar refractivity (Wildman–Crippen MR) is 92.6 cm³/mol. The Morgan fingerprint density at radius 1 is 1.35 bits per heavy atom. The SMILES string of the molecule is Cc1cccc(CC(=O)NC[C@H](c2ccsc2)n2cccn2)c1. The van der Waals surface area contributed by atoms with E-state index >= 15 is 0 Å². The molecule has 118 valence electrons. The van der Waals surface area contributed by atoms with E-state index < -0.39 is 0 Å². The highest BCUT2D eigenvalue weighted by atomic mass is 32.1. The summed E-state index contributed by atoms with van der Waals surface area (Å²) in [6.07, 6.45) is 4.08. The molecule has 0 saturated heterocycles. The van der Waals surface area contributed by atoms with Crippen molar-refractivity contribution in [1.29, 1.82) is 0 Å². The van der Waals surface area contributed by atoms with E-state index in [1.165, 1.54) is 5.56 Å². The van der Waals surface area contributed by atoms with Gasteiger partial charge < -0.3 is 5.32 Å². The third-order valence-corrected chi connectivity index (χ3v) is 4.41. The summed E-state index contributed by atoms with van der Waals surface area (Å²) in [6, 6.07) is 12.0. The molecule has 0 aliphatic carbocycles. The van der Waals surface area contributed by atoms with Gasteiger partial charge in [0.1, 0.15) is 0 Å². The van der Waals surface area contributed by atoms with Gasteiger partial charge in [0.15, 0.2) is 0 Å². The molecule has 23 heavy (non-hydrogen) atoms. The van der Waals surface area contributed by atoms with Gasteiger partial charge in [0.05, 0.1) is 12.5 Å². The number of aryl methyl sites for hydroxylation is 1. The Kier molecular flexibility index (Phi) is 4.88. The van der Waals surface area contributed by atoms with E-state index in [1.54, 1.807) is 17.5 Å². The van der Waals surface area contributed by atoms with Gasteiger partial charge in [-0.15, -0.1) is 0 Å². The maximum absolute atomic E-state index is 12.2. The lowest BCUT2D eigenvalue weighted by Crippen LogP contribution is -2.32. The van der Waals surface area contributed by atoms with Crippen molar-refractivity contribution >= 4 is 17.2 Å². The van der Waals surface area contributed by atoms with Crippen LogP contribution in [0.2, 0.25) is 0 Å². The standard InChI is InChI=1S/C18H19N3OS/c1-14-4-2-5-15(10-14)11-18(22)19-12-17(16-6-9-23-13-16)21-8-3-7-20-21/h2-10,13,17H,11-12H2,1H3,(H,19,22)/t17-/m1/s1. The molecule has 5 heteroatoms. The Balaban J connectivity index is 1.64. The first-order valence-corrected chi connectivity index (χ1v) is 8.50. The van der Waals surface area contributed by atoms with Gasteiger partial charge in [0, 0.05) is 18.9 Å². The second-order valence-electron chi connectivity index (χ2n) is 5.53. The fourth-order valence-electron chi connectivity index (χ4n) is 2.57. The number of thiophene rings is 1. The highest BCUT2D eigenvalue weighted by molar-refractivity contribution is 7.07. The lowest BCUT2D eigenvalue weighted by molar-refractivity contribution is -0.120. The largest absolute Gasteiger partial charge is 0.353 e. The average Bonchev–Trinajstić information content (AvgIpc) is 3.21. The van der Waals surface area contributed by atoms with Gasteiger partial charge in [-0.05, 0) is 40.9 Å². The number of carbonyl (C=O) groups excluding carboxylic acids is 1. The van der Waals surface area contributed by atoms with Crippen molar-refractivity contribution in [3.05, 3.63) is 76.2 Å². The lowest BCUT2D eigenvalue weighted by atomic mass is 10.1. The summed E-state index contributed by atoms with van der Waals surface area (Å²) in [7, 11) is 0. The fourth-order valence-corrected chi connectivity index (χ4v) is 3.28. The minimum atomic E-state index is 0.0257. The number of nitrogens with zero attached hydrogens (tertiary/aromatic N) is 2. The lowest BCUT2D eigenvalue weighted by Gasteiger charge is -2.17. The van der Waals surface area contributed by atoms with Gasteiger partial charge in [-0.25, -0.2) is 0 Å². The second kappa shape index (κ2) is 7.24. The highest BCUT2D eigenvalue weighted by Crippen LogP contribution is 2.19. The van der Waals surface area contributed by atoms with Crippen LogP contribution in [0.5, 0.6) is 0 Å². The van der Waals surface area contributed by atoms with Crippen LogP contribution in [0.25, 0.3) is 0 Å². The zero-order valence-electron chi connectivity index (χ0n) is 13.0. The van der Waals surface area contributed by atoms with E-state index in [0.29, 0.717) is 13.0 Å². The van der Waals surface area contributed by atoms with Crippen molar-refractivity contribution in [2.75, 3.05) is 6.54 Å². The minimum Gasteiger partial charge on any atom is -0.353 e. The van der Waals surface area contributed by atoms with E-state index in [1.807, 2.05) is 53.5 Å². The van der Waals surface area contributed by atoms with E-state index in [9.17, 15) is 4.79 Å². The van der Waals surface area contributed by atoms with Crippen LogP contribution in [-0.2, 0) is 11.2 Å². The van der Waals surface area contributed by atoms with E-state index in [4.69, 9.17) is 0 Å². The molecule has 3 aromatic rings. The van der Waals surface area contributed by atoms with Crippen molar-refractivity contribution in [1.82, 2.24) is 15.1 Å². The van der Waals surface area contributed by atoms with Gasteiger partial charge in [0.25, 0.3) is 0 Å². The van der Waals surface area contributed by atoms with Crippen molar-refractivity contribution in [2.45, 2.75) is 19.4 Å². The van der Waals surface area contributed by atoms with Gasteiger partial charge in [-0.3, -0.25) is 9.48 Å². The van der Waals surface area contributed by atoms with E-state index in [-0.39, 0.29) is 11.9 Å². The maximum atomic E-state index is 12.2. The Morgan fingerprint density at radius 3 is 2.96 bits per heavy atom. The number of hydrogen-bond donors (Lipinski definition) is 1. The summed E-state index contributed by atoms with van der Waals surface area (Å²) in [5, 5.41) is 11.5. The number of aromatic nitrogens is 2. The molecule has 0 bridgehead atoms. The summed E-state index contributed by atoms with van der Waals surface area (Å²) in [6.45, 7) is 2.56. The molecule has 2 heterocycles. The van der Waals surface area contributed by atoms with Crippen LogP contribution in [0, 0.1) is 6.92 Å². The topological polar surface area (TPSA) is 46.9 Å². The average molecular weight is 325 g/mol. The monoisotopic (exact) mass is 325 g/mol. The summed E-state index contributed by atoms with van der Waals surface area (Å²) >= 11 is 1.65. The smallest absolute Gasteiger partial charge is 0.224 e. The number of amides is 1. The Labute approximate surface area is 139 Å². The van der Waals surface area contributed by atoms with E-state index in [0.717, 1.165) is 11.1 Å². The molecule has 0 aliphatic rings. The van der Waals surface area contributed by atoms with Gasteiger partial charge in [-0.1, -0.05) is 29.8 Å². The molecule has 0 radical (unpaired) electrons. The minimum absolute atomic E-state index is 0.0257. The van der Waals surface area contributed by atoms with Crippen molar-refractivity contribution in [3.8, 4) is 0 Å². The summed E-state index contributed by atoms with van der Waals surface area (Å²) in [5.41, 5.74) is 3.37. The Bertz CT molecular complexity index is 716. The number of rotatable bonds is 6. The molecule has 0 unspecified atom stereocenters. The Morgan fingerprint density at radius 2 is 2.26 bits per heavy atom. The molecular formula is C18H19N3OS. The molecule has 1 N–H and O–H groups in total. The van der Waals surface area contributed by atoms with E-state index in [2.05, 4.69) is 21.9 Å². The third-order valence-electron chi connectivity index (χ3n) is 3.71. The molecule has 0 fully saturated rings. The van der Waals surface area contributed by atoms with Gasteiger partial charge in [0.2, 0.25) is 5.91 Å². The molecule has 4 nitrogen and oxygen atoms in total. The Hall–Kier alpha value is -2.40. The fraction of sp³-hybridized carbons (Fsp3) is 0.222. The van der Waals surface area contributed by atoms with Crippen LogP contribution in [0.4, 0.5) is 0 Å². The molecule has 0 aliphatic heterocycles. The van der Waals surface area contributed by atoms with Crippen LogP contribution >= 0.6 is 11.3 Å². The van der Waals surface area contributed by atoms with Gasteiger partial charge >= 0.3 is 0 Å². The first-order valence-electron chi connectivity index (χ1n) is 7.56.